The van der Waals surface area contributed by atoms with E-state index in [1.165, 1.54) is 6.42 Å². The number of amides is 1. The first-order valence-corrected chi connectivity index (χ1v) is 8.52. The number of furan rings is 1. The maximum absolute atomic E-state index is 12.8. The lowest BCUT2D eigenvalue weighted by atomic mass is 10.2. The summed E-state index contributed by atoms with van der Waals surface area (Å²) in [5.41, 5.74) is 0.779. The molecule has 1 aromatic heterocycles. The number of para-hydroxylation sites is 1. The number of rotatable bonds is 5. The van der Waals surface area contributed by atoms with Gasteiger partial charge in [-0.3, -0.25) is 9.69 Å². The van der Waals surface area contributed by atoms with Gasteiger partial charge in [0.15, 0.2) is 0 Å². The molecule has 2 aromatic rings. The number of nitrogens with zero attached hydrogens (tertiary/aromatic N) is 2. The highest BCUT2D eigenvalue weighted by Gasteiger charge is 2.48. The first-order chi connectivity index (χ1) is 11.7. The SMILES string of the molecule is C[C@@H]1C[C@@H]1c1ccc([C@H]2C[C@H]2C(=O)N(CC#N)c2ccccc2)o1. The van der Waals surface area contributed by atoms with Crippen LogP contribution in [0.4, 0.5) is 5.69 Å². The van der Waals surface area contributed by atoms with Crippen LogP contribution in [0.1, 0.15) is 43.1 Å². The lowest BCUT2D eigenvalue weighted by Gasteiger charge is -2.19. The van der Waals surface area contributed by atoms with E-state index in [4.69, 9.17) is 9.68 Å². The molecule has 0 aliphatic heterocycles. The van der Waals surface area contributed by atoms with E-state index < -0.39 is 0 Å². The van der Waals surface area contributed by atoms with Crippen molar-refractivity contribution in [1.29, 1.82) is 5.26 Å². The van der Waals surface area contributed by atoms with Crippen molar-refractivity contribution in [2.45, 2.75) is 31.6 Å². The van der Waals surface area contributed by atoms with E-state index in [0.29, 0.717) is 11.8 Å². The summed E-state index contributed by atoms with van der Waals surface area (Å²) in [7, 11) is 0. The van der Waals surface area contributed by atoms with Crippen LogP contribution in [0, 0.1) is 23.2 Å². The molecule has 4 heteroatoms. The molecule has 2 saturated carbocycles. The molecule has 1 aromatic carbocycles. The van der Waals surface area contributed by atoms with Gasteiger partial charge in [-0.25, -0.2) is 0 Å². The summed E-state index contributed by atoms with van der Waals surface area (Å²) in [5.74, 6) is 3.36. The molecule has 0 bridgehead atoms. The molecule has 0 N–H and O–H groups in total. The minimum atomic E-state index is -0.0748. The first-order valence-electron chi connectivity index (χ1n) is 8.52. The molecule has 4 nitrogen and oxygen atoms in total. The van der Waals surface area contributed by atoms with Gasteiger partial charge >= 0.3 is 0 Å². The predicted molar refractivity (Wildman–Crippen MR) is 90.5 cm³/mol. The highest BCUT2D eigenvalue weighted by atomic mass is 16.3. The highest BCUT2D eigenvalue weighted by Crippen LogP contribution is 2.52. The lowest BCUT2D eigenvalue weighted by molar-refractivity contribution is -0.119. The predicted octanol–water partition coefficient (Wildman–Crippen LogP) is 4.06. The Kier molecular flexibility index (Phi) is 3.65. The minimum absolute atomic E-state index is 0.0190. The van der Waals surface area contributed by atoms with Gasteiger partial charge in [0.25, 0.3) is 0 Å². The number of carbonyl (C=O) groups excluding carboxylic acids is 1. The molecule has 0 saturated heterocycles. The summed E-state index contributed by atoms with van der Waals surface area (Å²) in [6, 6.07) is 15.6. The van der Waals surface area contributed by atoms with Crippen molar-refractivity contribution in [2.75, 3.05) is 11.4 Å². The molecule has 2 aliphatic rings. The fraction of sp³-hybridized carbons (Fsp3) is 0.400. The van der Waals surface area contributed by atoms with Gasteiger partial charge in [0.05, 0.1) is 6.07 Å². The zero-order valence-electron chi connectivity index (χ0n) is 13.7. The van der Waals surface area contributed by atoms with Crippen molar-refractivity contribution in [1.82, 2.24) is 0 Å². The van der Waals surface area contributed by atoms with Crippen LogP contribution in [-0.2, 0) is 4.79 Å². The standard InChI is InChI=1S/C20H20N2O2/c1-13-11-15(13)18-7-8-19(24-18)16-12-17(16)20(23)22(10-9-21)14-5-3-2-4-6-14/h2-8,13,15-17H,10-12H2,1H3/t13-,15+,16+,17-/m1/s1. The number of hydrogen-bond acceptors (Lipinski definition) is 3. The number of carbonyl (C=O) groups is 1. The topological polar surface area (TPSA) is 57.2 Å². The Labute approximate surface area is 141 Å². The third-order valence-electron chi connectivity index (χ3n) is 5.16. The Morgan fingerprint density at radius 1 is 1.17 bits per heavy atom. The average Bonchev–Trinajstić information content (AvgIpc) is 3.51. The van der Waals surface area contributed by atoms with Crippen LogP contribution in [0.2, 0.25) is 0 Å². The van der Waals surface area contributed by atoms with E-state index in [9.17, 15) is 4.79 Å². The zero-order chi connectivity index (χ0) is 16.7. The summed E-state index contributed by atoms with van der Waals surface area (Å²) in [6.45, 7) is 2.31. The maximum Gasteiger partial charge on any atom is 0.231 e. The van der Waals surface area contributed by atoms with Gasteiger partial charge in [-0.1, -0.05) is 25.1 Å². The zero-order valence-corrected chi connectivity index (χ0v) is 13.7. The van der Waals surface area contributed by atoms with Crippen molar-refractivity contribution < 1.29 is 9.21 Å². The number of nitriles is 1. The van der Waals surface area contributed by atoms with Crippen LogP contribution in [0.25, 0.3) is 0 Å². The van der Waals surface area contributed by atoms with E-state index in [1.807, 2.05) is 36.4 Å². The van der Waals surface area contributed by atoms with Gasteiger partial charge in [0.2, 0.25) is 5.91 Å². The fourth-order valence-corrected chi connectivity index (χ4v) is 3.44. The normalized spacial score (nSPS) is 27.3. The largest absolute Gasteiger partial charge is 0.465 e. The average molecular weight is 320 g/mol. The third kappa shape index (κ3) is 2.71. The quantitative estimate of drug-likeness (QED) is 0.781. The van der Waals surface area contributed by atoms with Gasteiger partial charge < -0.3 is 4.42 Å². The van der Waals surface area contributed by atoms with Crippen molar-refractivity contribution in [3.63, 3.8) is 0 Å². The van der Waals surface area contributed by atoms with Crippen molar-refractivity contribution in [3.05, 3.63) is 54.0 Å². The van der Waals surface area contributed by atoms with Gasteiger partial charge in [-0.15, -0.1) is 0 Å². The van der Waals surface area contributed by atoms with Crippen LogP contribution < -0.4 is 4.90 Å². The van der Waals surface area contributed by atoms with Crippen molar-refractivity contribution in [2.24, 2.45) is 11.8 Å². The monoisotopic (exact) mass is 320 g/mol. The Bertz CT molecular complexity index is 789. The second-order valence-electron chi connectivity index (χ2n) is 6.93. The van der Waals surface area contributed by atoms with Gasteiger partial charge in [-0.2, -0.15) is 5.26 Å². The molecule has 1 heterocycles. The number of anilines is 1. The minimum Gasteiger partial charge on any atom is -0.465 e. The number of hydrogen-bond donors (Lipinski definition) is 0. The molecular weight excluding hydrogens is 300 g/mol. The van der Waals surface area contributed by atoms with Crippen LogP contribution in [0.3, 0.4) is 0 Å². The van der Waals surface area contributed by atoms with Crippen molar-refractivity contribution in [3.8, 4) is 6.07 Å². The smallest absolute Gasteiger partial charge is 0.231 e. The Hall–Kier alpha value is -2.54. The molecular formula is C20H20N2O2. The Morgan fingerprint density at radius 3 is 2.46 bits per heavy atom. The summed E-state index contributed by atoms with van der Waals surface area (Å²) >= 11 is 0. The molecule has 0 unspecified atom stereocenters. The first kappa shape index (κ1) is 15.0. The lowest BCUT2D eigenvalue weighted by Crippen LogP contribution is -2.32. The third-order valence-corrected chi connectivity index (χ3v) is 5.16. The Morgan fingerprint density at radius 2 is 1.83 bits per heavy atom. The molecule has 122 valence electrons. The van der Waals surface area contributed by atoms with E-state index in [1.54, 1.807) is 4.90 Å². The summed E-state index contributed by atoms with van der Waals surface area (Å²) in [5, 5.41) is 9.07. The molecule has 24 heavy (non-hydrogen) atoms. The van der Waals surface area contributed by atoms with Crippen LogP contribution in [0.5, 0.6) is 0 Å². The maximum atomic E-state index is 12.8. The summed E-state index contributed by atoms with van der Waals surface area (Å²) in [6.07, 6.45) is 2.00. The van der Waals surface area contributed by atoms with E-state index in [0.717, 1.165) is 23.6 Å². The van der Waals surface area contributed by atoms with E-state index in [-0.39, 0.29) is 24.3 Å². The molecule has 4 rings (SSSR count). The van der Waals surface area contributed by atoms with E-state index in [2.05, 4.69) is 19.1 Å². The van der Waals surface area contributed by atoms with Crippen LogP contribution in [0.15, 0.2) is 46.9 Å². The van der Waals surface area contributed by atoms with Crippen molar-refractivity contribution >= 4 is 11.6 Å². The molecule has 2 fully saturated rings. The fourth-order valence-electron chi connectivity index (χ4n) is 3.44. The highest BCUT2D eigenvalue weighted by molar-refractivity contribution is 5.97. The van der Waals surface area contributed by atoms with Crippen LogP contribution in [-0.4, -0.2) is 12.5 Å². The number of benzene rings is 1. The van der Waals surface area contributed by atoms with Gasteiger partial charge in [0, 0.05) is 23.4 Å². The second-order valence-corrected chi connectivity index (χ2v) is 6.93. The molecule has 2 aliphatic carbocycles. The summed E-state index contributed by atoms with van der Waals surface area (Å²) < 4.78 is 5.99. The Balaban J connectivity index is 1.47. The molecule has 0 spiro atoms. The molecule has 4 atom stereocenters. The summed E-state index contributed by atoms with van der Waals surface area (Å²) in [4.78, 5) is 14.4. The molecule has 1 amide bonds. The second kappa shape index (κ2) is 5.83. The van der Waals surface area contributed by atoms with E-state index >= 15 is 0 Å². The van der Waals surface area contributed by atoms with Gasteiger partial charge in [-0.05, 0) is 43.0 Å². The van der Waals surface area contributed by atoms with Gasteiger partial charge in [0.1, 0.15) is 18.1 Å². The van der Waals surface area contributed by atoms with Crippen LogP contribution >= 0.6 is 0 Å². The molecule has 0 radical (unpaired) electrons.